The van der Waals surface area contributed by atoms with Gasteiger partial charge >= 0.3 is 0 Å². The molecule has 29 heavy (non-hydrogen) atoms. The van der Waals surface area contributed by atoms with Crippen molar-refractivity contribution in [3.05, 3.63) is 58.1 Å². The number of H-pyrrole nitrogens is 1. The lowest BCUT2D eigenvalue weighted by Gasteiger charge is -2.23. The van der Waals surface area contributed by atoms with Crippen LogP contribution in [0.4, 0.5) is 5.69 Å². The largest absolute Gasteiger partial charge is 0.384 e. The van der Waals surface area contributed by atoms with Crippen LogP contribution in [0.25, 0.3) is 16.8 Å². The molecule has 0 bridgehead atoms. The Kier molecular flexibility index (Phi) is 5.90. The van der Waals surface area contributed by atoms with Gasteiger partial charge in [-0.3, -0.25) is 9.00 Å². The fraction of sp³-hybridized carbons (Fsp3) is 0.435. The zero-order valence-corrected chi connectivity index (χ0v) is 18.0. The van der Waals surface area contributed by atoms with Crippen molar-refractivity contribution >= 4 is 22.0 Å². The van der Waals surface area contributed by atoms with E-state index in [4.69, 9.17) is 0 Å². The summed E-state index contributed by atoms with van der Waals surface area (Å²) in [6, 6.07) is 8.34. The van der Waals surface area contributed by atoms with Gasteiger partial charge in [-0.15, -0.1) is 0 Å². The van der Waals surface area contributed by atoms with E-state index in [1.165, 1.54) is 32.1 Å². The van der Waals surface area contributed by atoms with Gasteiger partial charge in [0.05, 0.1) is 5.69 Å². The summed E-state index contributed by atoms with van der Waals surface area (Å²) in [7, 11) is -0.903. The van der Waals surface area contributed by atoms with Crippen LogP contribution in [0.2, 0.25) is 0 Å². The van der Waals surface area contributed by atoms with E-state index in [1.807, 2.05) is 17.5 Å². The normalized spacial score (nSPS) is 16.2. The van der Waals surface area contributed by atoms with Gasteiger partial charge in [-0.25, -0.2) is 0 Å². The summed E-state index contributed by atoms with van der Waals surface area (Å²) in [5.41, 5.74) is 5.69. The molecule has 4 rings (SSSR count). The number of nitrogens with zero attached hydrogens (tertiary/aromatic N) is 1. The molecule has 6 heteroatoms. The number of hydrogen-bond acceptors (Lipinski definition) is 3. The molecule has 2 heterocycles. The third-order valence-electron chi connectivity index (χ3n) is 5.92. The summed E-state index contributed by atoms with van der Waals surface area (Å²) < 4.78 is 13.7. The fourth-order valence-electron chi connectivity index (χ4n) is 4.49. The molecule has 1 atom stereocenters. The molecule has 0 saturated heterocycles. The average molecular weight is 412 g/mol. The standard InChI is InChI=1S/C23H29N3O2S/c1-16-12-21(26-11-10-24-23(27)22(16)26)19-13-18(15-29(2)28)8-9-20(19)25-14-17-6-4-3-5-7-17/h8-13,17,25H,3-7,14-15H2,1-2H3,(H,24,27). The summed E-state index contributed by atoms with van der Waals surface area (Å²) in [5.74, 6) is 1.24. The van der Waals surface area contributed by atoms with Crippen molar-refractivity contribution in [1.29, 1.82) is 0 Å². The molecular formula is C23H29N3O2S. The lowest BCUT2D eigenvalue weighted by Crippen LogP contribution is -2.17. The van der Waals surface area contributed by atoms with Gasteiger partial charge < -0.3 is 14.7 Å². The maximum Gasteiger partial charge on any atom is 0.272 e. The summed E-state index contributed by atoms with van der Waals surface area (Å²) >= 11 is 0. The van der Waals surface area contributed by atoms with Crippen LogP contribution in [0.15, 0.2) is 41.5 Å². The summed E-state index contributed by atoms with van der Waals surface area (Å²) in [6.07, 6.45) is 11.9. The molecule has 1 aromatic carbocycles. The second kappa shape index (κ2) is 8.57. The highest BCUT2D eigenvalue weighted by Gasteiger charge is 2.17. The Labute approximate surface area is 174 Å². The molecule has 2 aromatic heterocycles. The first-order valence-corrected chi connectivity index (χ1v) is 12.1. The molecule has 5 nitrogen and oxygen atoms in total. The third kappa shape index (κ3) is 4.32. The Hall–Kier alpha value is -2.34. The Morgan fingerprint density at radius 2 is 2.00 bits per heavy atom. The molecular weight excluding hydrogens is 382 g/mol. The number of aromatic amines is 1. The zero-order valence-electron chi connectivity index (χ0n) is 17.2. The van der Waals surface area contributed by atoms with E-state index in [2.05, 4.69) is 34.6 Å². The van der Waals surface area contributed by atoms with Crippen LogP contribution in [0.1, 0.15) is 43.2 Å². The van der Waals surface area contributed by atoms with Gasteiger partial charge in [-0.2, -0.15) is 0 Å². The van der Waals surface area contributed by atoms with E-state index >= 15 is 0 Å². The summed E-state index contributed by atoms with van der Waals surface area (Å²) in [4.78, 5) is 15.1. The van der Waals surface area contributed by atoms with Crippen molar-refractivity contribution in [2.45, 2.75) is 44.8 Å². The Morgan fingerprint density at radius 1 is 1.21 bits per heavy atom. The van der Waals surface area contributed by atoms with Crippen LogP contribution in [-0.2, 0) is 16.6 Å². The van der Waals surface area contributed by atoms with Gasteiger partial charge in [0.2, 0.25) is 0 Å². The first kappa shape index (κ1) is 20.0. The number of aromatic nitrogens is 2. The molecule has 1 saturated carbocycles. The van der Waals surface area contributed by atoms with Crippen LogP contribution in [0.5, 0.6) is 0 Å². The molecule has 1 unspecified atom stereocenters. The first-order chi connectivity index (χ1) is 14.0. The zero-order chi connectivity index (χ0) is 20.4. The number of rotatable bonds is 6. The molecule has 2 N–H and O–H groups in total. The van der Waals surface area contributed by atoms with Crippen molar-refractivity contribution in [1.82, 2.24) is 9.38 Å². The highest BCUT2D eigenvalue weighted by molar-refractivity contribution is 7.83. The molecule has 0 radical (unpaired) electrons. The maximum absolute atomic E-state index is 12.3. The SMILES string of the molecule is Cc1cc(-c2cc(CS(C)=O)ccc2NCC2CCCCC2)n2cc[nH]c(=O)c12. The van der Waals surface area contributed by atoms with Crippen molar-refractivity contribution in [3.63, 3.8) is 0 Å². The van der Waals surface area contributed by atoms with E-state index in [-0.39, 0.29) is 5.56 Å². The van der Waals surface area contributed by atoms with E-state index in [9.17, 15) is 9.00 Å². The molecule has 3 aromatic rings. The summed E-state index contributed by atoms with van der Waals surface area (Å²) in [6.45, 7) is 2.93. The van der Waals surface area contributed by atoms with Crippen molar-refractivity contribution in [3.8, 4) is 11.3 Å². The smallest absolute Gasteiger partial charge is 0.272 e. The maximum atomic E-state index is 12.3. The molecule has 0 amide bonds. The number of nitrogens with one attached hydrogen (secondary N) is 2. The minimum absolute atomic E-state index is 0.0845. The number of benzene rings is 1. The molecule has 154 valence electrons. The van der Waals surface area contributed by atoms with Crippen LogP contribution < -0.4 is 10.9 Å². The van der Waals surface area contributed by atoms with Gasteiger partial charge in [0.15, 0.2) is 0 Å². The second-order valence-corrected chi connectivity index (χ2v) is 9.64. The number of aryl methyl sites for hydroxylation is 1. The van der Waals surface area contributed by atoms with Crippen molar-refractivity contribution in [2.24, 2.45) is 5.92 Å². The minimum atomic E-state index is -0.903. The van der Waals surface area contributed by atoms with Gasteiger partial charge in [0, 0.05) is 53.0 Å². The third-order valence-corrected chi connectivity index (χ3v) is 6.66. The molecule has 0 aliphatic heterocycles. The van der Waals surface area contributed by atoms with E-state index in [1.54, 1.807) is 12.5 Å². The van der Waals surface area contributed by atoms with Gasteiger partial charge in [0.25, 0.3) is 5.56 Å². The van der Waals surface area contributed by atoms with Crippen LogP contribution in [-0.4, -0.2) is 26.4 Å². The minimum Gasteiger partial charge on any atom is -0.384 e. The van der Waals surface area contributed by atoms with Crippen molar-refractivity contribution < 1.29 is 4.21 Å². The van der Waals surface area contributed by atoms with Crippen LogP contribution in [0.3, 0.4) is 0 Å². The molecule has 1 aliphatic rings. The van der Waals surface area contributed by atoms with Crippen LogP contribution in [0, 0.1) is 12.8 Å². The lowest BCUT2D eigenvalue weighted by molar-refractivity contribution is 0.373. The van der Waals surface area contributed by atoms with E-state index in [0.717, 1.165) is 34.6 Å². The Balaban J connectivity index is 1.76. The summed E-state index contributed by atoms with van der Waals surface area (Å²) in [5, 5.41) is 3.68. The number of anilines is 1. The lowest BCUT2D eigenvalue weighted by atomic mass is 9.89. The Bertz CT molecular complexity index is 1090. The van der Waals surface area contributed by atoms with Gasteiger partial charge in [0.1, 0.15) is 5.52 Å². The highest BCUT2D eigenvalue weighted by Crippen LogP contribution is 2.33. The Morgan fingerprint density at radius 3 is 2.76 bits per heavy atom. The molecule has 1 aliphatic carbocycles. The fourth-order valence-corrected chi connectivity index (χ4v) is 5.14. The predicted molar refractivity (Wildman–Crippen MR) is 121 cm³/mol. The predicted octanol–water partition coefficient (Wildman–Crippen LogP) is 4.47. The average Bonchev–Trinajstić information content (AvgIpc) is 3.05. The topological polar surface area (TPSA) is 66.4 Å². The van der Waals surface area contributed by atoms with E-state index in [0.29, 0.717) is 17.2 Å². The van der Waals surface area contributed by atoms with Crippen molar-refractivity contribution in [2.75, 3.05) is 18.1 Å². The monoisotopic (exact) mass is 411 g/mol. The number of hydrogen-bond donors (Lipinski definition) is 2. The van der Waals surface area contributed by atoms with Gasteiger partial charge in [-0.1, -0.05) is 25.3 Å². The van der Waals surface area contributed by atoms with Gasteiger partial charge in [-0.05, 0) is 55.0 Å². The van der Waals surface area contributed by atoms with Crippen LogP contribution >= 0.6 is 0 Å². The first-order valence-electron chi connectivity index (χ1n) is 10.4. The molecule has 1 fully saturated rings. The quantitative estimate of drug-likeness (QED) is 0.629. The van der Waals surface area contributed by atoms with E-state index < -0.39 is 10.8 Å². The second-order valence-electron chi connectivity index (χ2n) is 8.20. The number of fused-ring (bicyclic) bond motifs is 1. The molecule has 0 spiro atoms. The highest BCUT2D eigenvalue weighted by atomic mass is 32.2.